The molecule has 1 aromatic heterocycles. The van der Waals surface area contributed by atoms with Crippen LogP contribution in [0.2, 0.25) is 5.02 Å². The van der Waals surface area contributed by atoms with E-state index in [0.29, 0.717) is 10.8 Å². The number of nitrogens with zero attached hydrogens (tertiary/aromatic N) is 1. The normalized spacial score (nSPS) is 11.6. The van der Waals surface area contributed by atoms with Crippen LogP contribution in [0.5, 0.6) is 5.75 Å². The Hall–Kier alpha value is -2.46. The van der Waals surface area contributed by atoms with Crippen molar-refractivity contribution in [3.05, 3.63) is 59.8 Å². The molecule has 4 nitrogen and oxygen atoms in total. The van der Waals surface area contributed by atoms with Gasteiger partial charge in [-0.2, -0.15) is 0 Å². The molecule has 1 heterocycles. The minimum atomic E-state index is -1.29. The van der Waals surface area contributed by atoms with Crippen LogP contribution in [0.4, 0.5) is 0 Å². The molecule has 0 saturated carbocycles. The Bertz CT molecular complexity index is 866. The summed E-state index contributed by atoms with van der Waals surface area (Å²) >= 11 is 5.93. The van der Waals surface area contributed by atoms with Crippen LogP contribution in [0.3, 0.4) is 0 Å². The smallest absolute Gasteiger partial charge is 0.347 e. The quantitative estimate of drug-likeness (QED) is 0.765. The Morgan fingerprint density at radius 2 is 1.83 bits per heavy atom. The first-order valence-corrected chi connectivity index (χ1v) is 7.55. The van der Waals surface area contributed by atoms with Crippen LogP contribution in [0.1, 0.15) is 13.8 Å². The zero-order valence-electron chi connectivity index (χ0n) is 12.8. The second kappa shape index (κ2) is 5.63. The number of aliphatic carboxylic acids is 1. The molecule has 0 spiro atoms. The van der Waals surface area contributed by atoms with Gasteiger partial charge in [0.05, 0.1) is 5.52 Å². The SMILES string of the molecule is CC(C)(Oc1cccc2c1ccn2-c1ccc(Cl)cc1)C(=O)O. The highest BCUT2D eigenvalue weighted by molar-refractivity contribution is 6.30. The van der Waals surface area contributed by atoms with E-state index in [4.69, 9.17) is 16.3 Å². The summed E-state index contributed by atoms with van der Waals surface area (Å²) in [6.45, 7) is 3.06. The summed E-state index contributed by atoms with van der Waals surface area (Å²) < 4.78 is 7.72. The zero-order chi connectivity index (χ0) is 16.6. The molecule has 1 N–H and O–H groups in total. The van der Waals surface area contributed by atoms with Gasteiger partial charge in [-0.3, -0.25) is 0 Å². The van der Waals surface area contributed by atoms with Crippen molar-refractivity contribution in [3.8, 4) is 11.4 Å². The monoisotopic (exact) mass is 329 g/mol. The van der Waals surface area contributed by atoms with Gasteiger partial charge in [-0.1, -0.05) is 17.7 Å². The molecule has 5 heteroatoms. The predicted molar refractivity (Wildman–Crippen MR) is 90.6 cm³/mol. The van der Waals surface area contributed by atoms with E-state index in [1.54, 1.807) is 6.07 Å². The number of fused-ring (bicyclic) bond motifs is 1. The van der Waals surface area contributed by atoms with Gasteiger partial charge in [0.2, 0.25) is 0 Å². The standard InChI is InChI=1S/C18H16ClNO3/c1-18(2,17(21)22)23-16-5-3-4-15-14(16)10-11-20(15)13-8-6-12(19)7-9-13/h3-11H,1-2H3,(H,21,22). The van der Waals surface area contributed by atoms with Crippen molar-refractivity contribution in [2.24, 2.45) is 0 Å². The van der Waals surface area contributed by atoms with E-state index in [2.05, 4.69) is 0 Å². The number of benzene rings is 2. The summed E-state index contributed by atoms with van der Waals surface area (Å²) in [6, 6.07) is 15.0. The van der Waals surface area contributed by atoms with Crippen LogP contribution in [-0.4, -0.2) is 21.2 Å². The van der Waals surface area contributed by atoms with Crippen molar-refractivity contribution < 1.29 is 14.6 Å². The lowest BCUT2D eigenvalue weighted by Gasteiger charge is -2.22. The molecule has 0 bridgehead atoms. The first-order valence-electron chi connectivity index (χ1n) is 7.17. The maximum Gasteiger partial charge on any atom is 0.347 e. The molecule has 0 unspecified atom stereocenters. The van der Waals surface area contributed by atoms with Crippen molar-refractivity contribution in [1.29, 1.82) is 0 Å². The molecule has 0 amide bonds. The van der Waals surface area contributed by atoms with Gasteiger partial charge in [0, 0.05) is 22.3 Å². The molecule has 3 rings (SSSR count). The maximum atomic E-state index is 11.3. The molecule has 0 fully saturated rings. The molecule has 0 aliphatic rings. The van der Waals surface area contributed by atoms with Crippen molar-refractivity contribution in [3.63, 3.8) is 0 Å². The van der Waals surface area contributed by atoms with Gasteiger partial charge < -0.3 is 14.4 Å². The molecular formula is C18H16ClNO3. The van der Waals surface area contributed by atoms with Gasteiger partial charge in [0.25, 0.3) is 0 Å². The van der Waals surface area contributed by atoms with Gasteiger partial charge in [-0.25, -0.2) is 4.79 Å². The molecule has 2 aromatic carbocycles. The summed E-state index contributed by atoms with van der Waals surface area (Å²) in [4.78, 5) is 11.3. The molecule has 0 aliphatic heterocycles. The van der Waals surface area contributed by atoms with Crippen LogP contribution in [0, 0.1) is 0 Å². The van der Waals surface area contributed by atoms with Crippen molar-refractivity contribution in [2.75, 3.05) is 0 Å². The highest BCUT2D eigenvalue weighted by Crippen LogP contribution is 2.31. The predicted octanol–water partition coefficient (Wildman–Crippen LogP) is 4.53. The number of halogens is 1. The highest BCUT2D eigenvalue weighted by atomic mass is 35.5. The lowest BCUT2D eigenvalue weighted by molar-refractivity contribution is -0.152. The summed E-state index contributed by atoms with van der Waals surface area (Å²) in [5, 5.41) is 10.8. The lowest BCUT2D eigenvalue weighted by atomic mass is 10.1. The van der Waals surface area contributed by atoms with E-state index in [1.807, 2.05) is 53.2 Å². The minimum Gasteiger partial charge on any atom is -0.478 e. The van der Waals surface area contributed by atoms with Gasteiger partial charge in [0.1, 0.15) is 5.75 Å². The van der Waals surface area contributed by atoms with Crippen LogP contribution in [-0.2, 0) is 4.79 Å². The highest BCUT2D eigenvalue weighted by Gasteiger charge is 2.30. The first-order chi connectivity index (χ1) is 10.9. The summed E-state index contributed by atoms with van der Waals surface area (Å²) in [5.74, 6) is -0.464. The first kappa shape index (κ1) is 15.4. The largest absolute Gasteiger partial charge is 0.478 e. The molecular weight excluding hydrogens is 314 g/mol. The molecule has 0 aliphatic carbocycles. The fourth-order valence-corrected chi connectivity index (χ4v) is 2.50. The molecule has 118 valence electrons. The van der Waals surface area contributed by atoms with Crippen LogP contribution in [0.25, 0.3) is 16.6 Å². The molecule has 0 radical (unpaired) electrons. The zero-order valence-corrected chi connectivity index (χ0v) is 13.5. The number of hydrogen-bond acceptors (Lipinski definition) is 2. The molecule has 0 atom stereocenters. The van der Waals surface area contributed by atoms with Crippen molar-refractivity contribution in [1.82, 2.24) is 4.57 Å². The number of carboxylic acid groups (broad SMARTS) is 1. The third-order valence-corrected chi connectivity index (χ3v) is 3.93. The van der Waals surface area contributed by atoms with Gasteiger partial charge in [-0.15, -0.1) is 0 Å². The van der Waals surface area contributed by atoms with E-state index in [0.717, 1.165) is 16.6 Å². The average molecular weight is 330 g/mol. The number of carbonyl (C=O) groups is 1. The summed E-state index contributed by atoms with van der Waals surface area (Å²) in [7, 11) is 0. The Morgan fingerprint density at radius 1 is 1.13 bits per heavy atom. The fourth-order valence-electron chi connectivity index (χ4n) is 2.37. The van der Waals surface area contributed by atoms with Gasteiger partial charge in [0.15, 0.2) is 5.60 Å². The van der Waals surface area contributed by atoms with E-state index in [1.165, 1.54) is 13.8 Å². The number of carboxylic acids is 1. The van der Waals surface area contributed by atoms with Crippen LogP contribution in [0.15, 0.2) is 54.7 Å². The number of hydrogen-bond donors (Lipinski definition) is 1. The Kier molecular flexibility index (Phi) is 3.78. The second-order valence-electron chi connectivity index (χ2n) is 5.77. The summed E-state index contributed by atoms with van der Waals surface area (Å²) in [6.07, 6.45) is 1.93. The Labute approximate surface area is 138 Å². The molecule has 3 aromatic rings. The second-order valence-corrected chi connectivity index (χ2v) is 6.21. The van der Waals surface area contributed by atoms with Gasteiger partial charge >= 0.3 is 5.97 Å². The van der Waals surface area contributed by atoms with Crippen molar-refractivity contribution in [2.45, 2.75) is 19.4 Å². The number of ether oxygens (including phenoxy) is 1. The van der Waals surface area contributed by atoms with E-state index in [-0.39, 0.29) is 0 Å². The fraction of sp³-hybridized carbons (Fsp3) is 0.167. The van der Waals surface area contributed by atoms with Crippen molar-refractivity contribution >= 4 is 28.5 Å². The lowest BCUT2D eigenvalue weighted by Crippen LogP contribution is -2.37. The Balaban J connectivity index is 2.07. The third kappa shape index (κ3) is 2.90. The molecule has 0 saturated heterocycles. The van der Waals surface area contributed by atoms with E-state index >= 15 is 0 Å². The average Bonchev–Trinajstić information content (AvgIpc) is 2.93. The summed E-state index contributed by atoms with van der Waals surface area (Å²) in [5.41, 5.74) is 0.612. The van der Waals surface area contributed by atoms with Crippen LogP contribution < -0.4 is 4.74 Å². The van der Waals surface area contributed by atoms with E-state index in [9.17, 15) is 9.90 Å². The number of rotatable bonds is 4. The Morgan fingerprint density at radius 3 is 2.48 bits per heavy atom. The van der Waals surface area contributed by atoms with E-state index < -0.39 is 11.6 Å². The topological polar surface area (TPSA) is 51.5 Å². The van der Waals surface area contributed by atoms with Crippen LogP contribution >= 0.6 is 11.6 Å². The minimum absolute atomic E-state index is 0.544. The third-order valence-electron chi connectivity index (χ3n) is 3.68. The number of aromatic nitrogens is 1. The molecule has 23 heavy (non-hydrogen) atoms. The van der Waals surface area contributed by atoms with Gasteiger partial charge in [-0.05, 0) is 56.3 Å². The maximum absolute atomic E-state index is 11.3.